The summed E-state index contributed by atoms with van der Waals surface area (Å²) in [5, 5.41) is 0.817. The Balaban J connectivity index is 2.14. The number of rotatable bonds is 2. The van der Waals surface area contributed by atoms with Crippen LogP contribution in [0, 0.1) is 0 Å². The summed E-state index contributed by atoms with van der Waals surface area (Å²) < 4.78 is 12.2. The molecule has 114 valence electrons. The summed E-state index contributed by atoms with van der Waals surface area (Å²) in [5.74, 6) is -0.496. The first-order valence-electron chi connectivity index (χ1n) is 7.26. The maximum absolute atomic E-state index is 11.6. The van der Waals surface area contributed by atoms with Crippen molar-refractivity contribution in [3.05, 3.63) is 36.0 Å². The van der Waals surface area contributed by atoms with Crippen LogP contribution in [-0.2, 0) is 9.31 Å². The number of carbonyl (C=O) groups is 1. The highest BCUT2D eigenvalue weighted by Gasteiger charge is 2.52. The molecule has 0 spiro atoms. The molecule has 1 aliphatic rings. The average molecular weight is 298 g/mol. The van der Waals surface area contributed by atoms with E-state index in [-0.39, 0.29) is 0 Å². The van der Waals surface area contributed by atoms with Gasteiger partial charge in [-0.3, -0.25) is 9.78 Å². The zero-order valence-electron chi connectivity index (χ0n) is 13.2. The maximum atomic E-state index is 11.6. The number of nitrogens with two attached hydrogens (primary N) is 1. The molecule has 6 heteroatoms. The first kappa shape index (κ1) is 15.0. The number of carbonyl (C=O) groups excluding carboxylic acids is 1. The van der Waals surface area contributed by atoms with Gasteiger partial charge < -0.3 is 15.0 Å². The zero-order valence-corrected chi connectivity index (χ0v) is 13.2. The third-order valence-corrected chi connectivity index (χ3v) is 4.58. The number of hydrogen-bond donors (Lipinski definition) is 1. The molecule has 0 aliphatic carbocycles. The highest BCUT2D eigenvalue weighted by Crippen LogP contribution is 2.37. The molecule has 5 nitrogen and oxygen atoms in total. The molecular weight excluding hydrogens is 279 g/mol. The van der Waals surface area contributed by atoms with Gasteiger partial charge in [-0.2, -0.15) is 0 Å². The Morgan fingerprint density at radius 3 is 2.36 bits per heavy atom. The number of hydrogen-bond acceptors (Lipinski definition) is 4. The molecule has 22 heavy (non-hydrogen) atoms. The number of fused-ring (bicyclic) bond motifs is 1. The van der Waals surface area contributed by atoms with Crippen molar-refractivity contribution >= 4 is 29.4 Å². The van der Waals surface area contributed by atoms with E-state index in [0.29, 0.717) is 11.1 Å². The van der Waals surface area contributed by atoms with E-state index in [1.807, 2.05) is 45.9 Å². The predicted octanol–water partition coefficient (Wildman–Crippen LogP) is 1.63. The average Bonchev–Trinajstić information content (AvgIpc) is 2.65. The van der Waals surface area contributed by atoms with Gasteiger partial charge in [0.25, 0.3) is 5.91 Å². The van der Waals surface area contributed by atoms with Crippen molar-refractivity contribution < 1.29 is 14.1 Å². The Kier molecular flexibility index (Phi) is 3.27. The fourth-order valence-electron chi connectivity index (χ4n) is 2.57. The van der Waals surface area contributed by atoms with E-state index >= 15 is 0 Å². The topological polar surface area (TPSA) is 74.4 Å². The second-order valence-corrected chi connectivity index (χ2v) is 6.55. The van der Waals surface area contributed by atoms with Crippen molar-refractivity contribution in [3.63, 3.8) is 0 Å². The van der Waals surface area contributed by atoms with E-state index in [4.69, 9.17) is 15.0 Å². The minimum absolute atomic E-state index is 0.399. The summed E-state index contributed by atoms with van der Waals surface area (Å²) in [7, 11) is -0.501. The van der Waals surface area contributed by atoms with Gasteiger partial charge in [-0.25, -0.2) is 0 Å². The van der Waals surface area contributed by atoms with Crippen LogP contribution < -0.4 is 11.2 Å². The first-order chi connectivity index (χ1) is 10.2. The molecule has 1 aromatic heterocycles. The Hall–Kier alpha value is -1.92. The maximum Gasteiger partial charge on any atom is 0.495 e. The monoisotopic (exact) mass is 298 g/mol. The van der Waals surface area contributed by atoms with Gasteiger partial charge in [-0.05, 0) is 45.3 Å². The van der Waals surface area contributed by atoms with Crippen molar-refractivity contribution in [2.24, 2.45) is 5.73 Å². The van der Waals surface area contributed by atoms with Gasteiger partial charge in [-0.1, -0.05) is 12.1 Å². The summed E-state index contributed by atoms with van der Waals surface area (Å²) in [4.78, 5) is 15.9. The summed E-state index contributed by atoms with van der Waals surface area (Å²) in [6.07, 6.45) is 1.64. The van der Waals surface area contributed by atoms with Gasteiger partial charge in [0.2, 0.25) is 0 Å². The van der Waals surface area contributed by atoms with Gasteiger partial charge in [0.1, 0.15) is 0 Å². The van der Waals surface area contributed by atoms with E-state index in [2.05, 4.69) is 4.98 Å². The number of pyridine rings is 1. The fourth-order valence-corrected chi connectivity index (χ4v) is 2.57. The molecule has 1 aromatic carbocycles. The molecule has 0 saturated carbocycles. The third-order valence-electron chi connectivity index (χ3n) is 4.58. The van der Waals surface area contributed by atoms with Gasteiger partial charge >= 0.3 is 7.12 Å². The Morgan fingerprint density at radius 2 is 1.77 bits per heavy atom. The Morgan fingerprint density at radius 1 is 1.14 bits per heavy atom. The third kappa shape index (κ3) is 2.19. The lowest BCUT2D eigenvalue weighted by atomic mass is 9.76. The molecule has 2 N–H and O–H groups in total. The zero-order chi connectivity index (χ0) is 16.1. The Labute approximate surface area is 130 Å². The minimum atomic E-state index is -0.501. The van der Waals surface area contributed by atoms with Crippen LogP contribution in [0.5, 0.6) is 0 Å². The van der Waals surface area contributed by atoms with Crippen LogP contribution >= 0.6 is 0 Å². The van der Waals surface area contributed by atoms with Crippen LogP contribution in [0.1, 0.15) is 38.1 Å². The van der Waals surface area contributed by atoms with Crippen molar-refractivity contribution in [1.29, 1.82) is 0 Å². The van der Waals surface area contributed by atoms with Crippen molar-refractivity contribution in [2.45, 2.75) is 38.9 Å². The molecular formula is C16H19BN2O3. The number of benzene rings is 1. The normalized spacial score (nSPS) is 19.5. The first-order valence-corrected chi connectivity index (χ1v) is 7.26. The quantitative estimate of drug-likeness (QED) is 0.855. The van der Waals surface area contributed by atoms with E-state index in [1.54, 1.807) is 12.3 Å². The summed E-state index contributed by atoms with van der Waals surface area (Å²) in [6.45, 7) is 8.02. The second kappa shape index (κ2) is 4.79. The lowest BCUT2D eigenvalue weighted by molar-refractivity contribution is 0.00578. The lowest BCUT2D eigenvalue weighted by Crippen LogP contribution is -2.41. The van der Waals surface area contributed by atoms with Gasteiger partial charge in [0.05, 0.1) is 22.3 Å². The van der Waals surface area contributed by atoms with E-state index in [1.165, 1.54) is 0 Å². The summed E-state index contributed by atoms with van der Waals surface area (Å²) >= 11 is 0. The molecule has 2 aromatic rings. The van der Waals surface area contributed by atoms with Crippen molar-refractivity contribution in [3.8, 4) is 0 Å². The molecule has 1 fully saturated rings. The summed E-state index contributed by atoms with van der Waals surface area (Å²) in [5.41, 5.74) is 6.41. The number of aromatic nitrogens is 1. The van der Waals surface area contributed by atoms with E-state index in [0.717, 1.165) is 10.8 Å². The van der Waals surface area contributed by atoms with E-state index in [9.17, 15) is 4.79 Å². The predicted molar refractivity (Wildman–Crippen MR) is 86.0 cm³/mol. The van der Waals surface area contributed by atoms with Crippen LogP contribution in [-0.4, -0.2) is 29.2 Å². The minimum Gasteiger partial charge on any atom is -0.399 e. The van der Waals surface area contributed by atoms with Gasteiger partial charge in [-0.15, -0.1) is 0 Å². The van der Waals surface area contributed by atoms with Crippen molar-refractivity contribution in [1.82, 2.24) is 4.98 Å². The van der Waals surface area contributed by atoms with Crippen LogP contribution in [0.4, 0.5) is 0 Å². The standard InChI is InChI=1S/C16H19BN2O3/c1-15(2)16(3,4)22-17(21-15)12-8-7-11(14(18)20)13-10(12)6-5-9-19-13/h5-9H,1-4H3,(H2,18,20). The molecule has 0 radical (unpaired) electrons. The molecule has 0 bridgehead atoms. The smallest absolute Gasteiger partial charge is 0.399 e. The molecule has 0 unspecified atom stereocenters. The molecule has 1 saturated heterocycles. The van der Waals surface area contributed by atoms with Gasteiger partial charge in [0, 0.05) is 11.6 Å². The van der Waals surface area contributed by atoms with Crippen LogP contribution in [0.25, 0.3) is 10.9 Å². The molecule has 1 amide bonds. The molecule has 3 rings (SSSR count). The van der Waals surface area contributed by atoms with Crippen LogP contribution in [0.15, 0.2) is 30.5 Å². The largest absolute Gasteiger partial charge is 0.495 e. The van der Waals surface area contributed by atoms with E-state index < -0.39 is 24.2 Å². The molecule has 0 atom stereocenters. The molecule has 1 aliphatic heterocycles. The number of primary amides is 1. The second-order valence-electron chi connectivity index (χ2n) is 6.55. The Bertz CT molecular complexity index is 742. The van der Waals surface area contributed by atoms with Crippen LogP contribution in [0.3, 0.4) is 0 Å². The highest BCUT2D eigenvalue weighted by molar-refractivity contribution is 6.65. The lowest BCUT2D eigenvalue weighted by Gasteiger charge is -2.32. The number of nitrogens with zero attached hydrogens (tertiary/aromatic N) is 1. The van der Waals surface area contributed by atoms with Crippen LogP contribution in [0.2, 0.25) is 0 Å². The van der Waals surface area contributed by atoms with Crippen molar-refractivity contribution in [2.75, 3.05) is 0 Å². The summed E-state index contributed by atoms with van der Waals surface area (Å²) in [6, 6.07) is 7.22. The number of amides is 1. The van der Waals surface area contributed by atoms with Gasteiger partial charge in [0.15, 0.2) is 0 Å². The molecule has 2 heterocycles. The SMILES string of the molecule is CC1(C)OB(c2ccc(C(N)=O)c3ncccc23)OC1(C)C. The fraction of sp³-hybridized carbons (Fsp3) is 0.375. The highest BCUT2D eigenvalue weighted by atomic mass is 16.7.